The van der Waals surface area contributed by atoms with Crippen molar-refractivity contribution in [1.82, 2.24) is 9.78 Å². The molecule has 33 heavy (non-hydrogen) atoms. The van der Waals surface area contributed by atoms with Crippen molar-refractivity contribution in [3.8, 4) is 22.4 Å². The maximum Gasteiger partial charge on any atom is 0.433 e. The van der Waals surface area contributed by atoms with Gasteiger partial charge >= 0.3 is 6.18 Å². The van der Waals surface area contributed by atoms with Crippen molar-refractivity contribution in [1.29, 1.82) is 0 Å². The van der Waals surface area contributed by atoms with Crippen LogP contribution in [-0.2, 0) is 22.6 Å². The summed E-state index contributed by atoms with van der Waals surface area (Å²) < 4.78 is 68.0. The zero-order chi connectivity index (χ0) is 23.8. The summed E-state index contributed by atoms with van der Waals surface area (Å²) in [5.74, 6) is 0. The first-order chi connectivity index (χ1) is 15.6. The Morgan fingerprint density at radius 1 is 0.879 bits per heavy atom. The van der Waals surface area contributed by atoms with Gasteiger partial charge in [0, 0.05) is 17.4 Å². The lowest BCUT2D eigenvalue weighted by atomic mass is 9.95. The summed E-state index contributed by atoms with van der Waals surface area (Å²) in [4.78, 5) is 0.0865. The number of benzene rings is 3. The van der Waals surface area contributed by atoms with Gasteiger partial charge in [0.2, 0.25) is 0 Å². The Morgan fingerprint density at radius 2 is 1.48 bits per heavy atom. The minimum absolute atomic E-state index is 0.0244. The van der Waals surface area contributed by atoms with E-state index in [1.807, 2.05) is 0 Å². The molecule has 0 bridgehead atoms. The molecule has 1 heterocycles. The first-order valence-electron chi connectivity index (χ1n) is 10.1. The van der Waals surface area contributed by atoms with Crippen molar-refractivity contribution in [2.24, 2.45) is 0 Å². The summed E-state index contributed by atoms with van der Waals surface area (Å²) in [6.07, 6.45) is -3.58. The summed E-state index contributed by atoms with van der Waals surface area (Å²) in [6, 6.07) is 21.4. The summed E-state index contributed by atoms with van der Waals surface area (Å²) in [5.41, 5.74) is 1.46. The van der Waals surface area contributed by atoms with Crippen molar-refractivity contribution in [3.63, 3.8) is 0 Å². The first-order valence-corrected chi connectivity index (χ1v) is 12.0. The van der Waals surface area contributed by atoms with E-state index in [0.29, 0.717) is 22.3 Å². The van der Waals surface area contributed by atoms with E-state index in [4.69, 9.17) is 0 Å². The van der Waals surface area contributed by atoms with Crippen LogP contribution in [0.1, 0.15) is 16.8 Å². The van der Waals surface area contributed by atoms with E-state index >= 15 is 0 Å². The van der Waals surface area contributed by atoms with Crippen LogP contribution in [0.25, 0.3) is 22.4 Å². The number of alkyl halides is 3. The highest BCUT2D eigenvalue weighted by Gasteiger charge is 2.41. The summed E-state index contributed by atoms with van der Waals surface area (Å²) in [6.45, 7) is 1.69. The molecule has 0 aliphatic rings. The Hall–Kier alpha value is -3.39. The van der Waals surface area contributed by atoms with E-state index in [9.17, 15) is 21.6 Å². The molecule has 0 atom stereocenters. The molecule has 0 N–H and O–H groups in total. The quantitative estimate of drug-likeness (QED) is 0.360. The molecule has 0 fully saturated rings. The monoisotopic (exact) mass is 470 g/mol. The minimum Gasteiger partial charge on any atom is -0.255 e. The van der Waals surface area contributed by atoms with Crippen LogP contribution in [-0.4, -0.2) is 24.5 Å². The second-order valence-corrected chi connectivity index (χ2v) is 9.84. The maximum atomic E-state index is 14.4. The summed E-state index contributed by atoms with van der Waals surface area (Å²) in [7, 11) is -3.44. The van der Waals surface area contributed by atoms with E-state index in [2.05, 4.69) is 5.10 Å². The van der Waals surface area contributed by atoms with Gasteiger partial charge in [0.25, 0.3) is 0 Å². The van der Waals surface area contributed by atoms with Gasteiger partial charge in [0.05, 0.1) is 11.4 Å². The Morgan fingerprint density at radius 3 is 2.06 bits per heavy atom. The lowest BCUT2D eigenvalue weighted by molar-refractivity contribution is -0.143. The largest absolute Gasteiger partial charge is 0.433 e. The van der Waals surface area contributed by atoms with Crippen LogP contribution in [0.3, 0.4) is 0 Å². The van der Waals surface area contributed by atoms with E-state index < -0.39 is 21.7 Å². The number of aromatic nitrogens is 2. The summed E-state index contributed by atoms with van der Waals surface area (Å²) >= 11 is 0. The zero-order valence-corrected chi connectivity index (χ0v) is 18.8. The Bertz CT molecular complexity index is 1390. The molecule has 0 aliphatic carbocycles. The molecule has 8 heteroatoms. The fraction of sp³-hybridized carbons (Fsp3) is 0.160. The van der Waals surface area contributed by atoms with E-state index in [1.54, 1.807) is 61.5 Å². The smallest absolute Gasteiger partial charge is 0.255 e. The van der Waals surface area contributed by atoms with Gasteiger partial charge in [-0.3, -0.25) is 4.68 Å². The van der Waals surface area contributed by atoms with Crippen LogP contribution in [0, 0.1) is 6.92 Å². The highest BCUT2D eigenvalue weighted by atomic mass is 32.2. The van der Waals surface area contributed by atoms with Crippen molar-refractivity contribution in [2.75, 3.05) is 6.26 Å². The van der Waals surface area contributed by atoms with Crippen LogP contribution in [0.2, 0.25) is 0 Å². The third kappa shape index (κ3) is 4.71. The Balaban J connectivity index is 2.00. The van der Waals surface area contributed by atoms with Crippen LogP contribution in [0.4, 0.5) is 13.2 Å². The number of nitrogens with zero attached hydrogens (tertiary/aromatic N) is 2. The van der Waals surface area contributed by atoms with Crippen molar-refractivity contribution >= 4 is 9.84 Å². The SMILES string of the molecule is Cc1ccccc1-c1c(-c2ccc(S(C)(=O)=O)cc2)nn(Cc2ccccc2)c1C(F)(F)F. The molecule has 4 nitrogen and oxygen atoms in total. The van der Waals surface area contributed by atoms with E-state index in [0.717, 1.165) is 10.9 Å². The van der Waals surface area contributed by atoms with Gasteiger partial charge in [-0.2, -0.15) is 18.3 Å². The minimum atomic E-state index is -4.66. The van der Waals surface area contributed by atoms with Crippen LogP contribution < -0.4 is 0 Å². The molecular formula is C25H21F3N2O2S. The normalized spacial score (nSPS) is 12.2. The van der Waals surface area contributed by atoms with Crippen molar-refractivity contribution < 1.29 is 21.6 Å². The second-order valence-electron chi connectivity index (χ2n) is 7.82. The van der Waals surface area contributed by atoms with Crippen LogP contribution in [0.15, 0.2) is 83.8 Å². The Kier molecular flexibility index (Phi) is 5.88. The lowest BCUT2D eigenvalue weighted by Crippen LogP contribution is -2.16. The topological polar surface area (TPSA) is 52.0 Å². The van der Waals surface area contributed by atoms with Gasteiger partial charge in [-0.25, -0.2) is 8.42 Å². The molecule has 3 aromatic carbocycles. The number of sulfone groups is 1. The van der Waals surface area contributed by atoms with Crippen LogP contribution >= 0.6 is 0 Å². The molecule has 0 spiro atoms. The average Bonchev–Trinajstić information content (AvgIpc) is 3.13. The third-order valence-corrected chi connectivity index (χ3v) is 6.49. The molecule has 0 amide bonds. The number of rotatable bonds is 5. The van der Waals surface area contributed by atoms with Gasteiger partial charge in [-0.1, -0.05) is 66.7 Å². The molecule has 1 aromatic heterocycles. The molecule has 0 saturated heterocycles. The van der Waals surface area contributed by atoms with Gasteiger partial charge < -0.3 is 0 Å². The molecule has 0 saturated carbocycles. The van der Waals surface area contributed by atoms with E-state index in [1.165, 1.54) is 24.3 Å². The van der Waals surface area contributed by atoms with Gasteiger partial charge in [-0.05, 0) is 35.7 Å². The number of hydrogen-bond acceptors (Lipinski definition) is 3. The molecule has 0 radical (unpaired) electrons. The fourth-order valence-electron chi connectivity index (χ4n) is 3.79. The van der Waals surface area contributed by atoms with Gasteiger partial charge in [0.1, 0.15) is 5.69 Å². The standard InChI is InChI=1S/C25H21F3N2O2S/c1-17-8-6-7-11-21(17)22-23(19-12-14-20(15-13-19)33(2,31)32)29-30(24(22)25(26,27)28)16-18-9-4-3-5-10-18/h3-15H,16H2,1-2H3. The fourth-order valence-corrected chi connectivity index (χ4v) is 4.42. The lowest BCUT2D eigenvalue weighted by Gasteiger charge is -2.14. The molecule has 4 rings (SSSR count). The third-order valence-electron chi connectivity index (χ3n) is 5.37. The molecule has 4 aromatic rings. The zero-order valence-electron chi connectivity index (χ0n) is 18.0. The van der Waals surface area contributed by atoms with Crippen LogP contribution in [0.5, 0.6) is 0 Å². The first kappa shape index (κ1) is 22.8. The Labute approximate surface area is 190 Å². The molecule has 170 valence electrons. The number of aryl methyl sites for hydroxylation is 1. The highest BCUT2D eigenvalue weighted by molar-refractivity contribution is 7.90. The molecular weight excluding hydrogens is 449 g/mol. The predicted molar refractivity (Wildman–Crippen MR) is 121 cm³/mol. The predicted octanol–water partition coefficient (Wildman–Crippen LogP) is 6.00. The van der Waals surface area contributed by atoms with Crippen molar-refractivity contribution in [2.45, 2.75) is 24.5 Å². The van der Waals surface area contributed by atoms with Gasteiger partial charge in [0.15, 0.2) is 15.5 Å². The highest BCUT2D eigenvalue weighted by Crippen LogP contribution is 2.44. The number of halogens is 3. The van der Waals surface area contributed by atoms with Gasteiger partial charge in [-0.15, -0.1) is 0 Å². The van der Waals surface area contributed by atoms with E-state index in [-0.39, 0.29) is 22.7 Å². The maximum absolute atomic E-state index is 14.4. The second kappa shape index (κ2) is 8.51. The average molecular weight is 471 g/mol. The summed E-state index contributed by atoms with van der Waals surface area (Å²) in [5, 5.41) is 4.40. The molecule has 0 unspecified atom stereocenters. The number of hydrogen-bond donors (Lipinski definition) is 0. The molecule has 0 aliphatic heterocycles. The van der Waals surface area contributed by atoms with Crippen molar-refractivity contribution in [3.05, 3.63) is 95.7 Å².